The number of hydrogen-bond acceptors (Lipinski definition) is 3. The highest BCUT2D eigenvalue weighted by Gasteiger charge is 2.17. The number of rotatable bonds is 4. The summed E-state index contributed by atoms with van der Waals surface area (Å²) in [6.45, 7) is 3.96. The third kappa shape index (κ3) is 2.56. The molecule has 1 aromatic heterocycles. The van der Waals surface area contributed by atoms with E-state index in [0.29, 0.717) is 18.4 Å². The van der Waals surface area contributed by atoms with Gasteiger partial charge in [-0.15, -0.1) is 0 Å². The predicted molar refractivity (Wildman–Crippen MR) is 61.6 cm³/mol. The van der Waals surface area contributed by atoms with Crippen molar-refractivity contribution in [1.82, 2.24) is 9.78 Å². The van der Waals surface area contributed by atoms with Crippen molar-refractivity contribution >= 4 is 11.6 Å². The van der Waals surface area contributed by atoms with E-state index < -0.39 is 0 Å². The second-order valence-corrected chi connectivity index (χ2v) is 4.49. The topological polar surface area (TPSA) is 36.3 Å². The molecule has 0 amide bonds. The summed E-state index contributed by atoms with van der Waals surface area (Å²) in [5.41, 5.74) is 1.90. The normalized spacial score (nSPS) is 20.6. The molecule has 5 heteroatoms. The maximum atomic E-state index is 6.10. The van der Waals surface area contributed by atoms with Crippen molar-refractivity contribution in [2.45, 2.75) is 32.5 Å². The number of ether oxygens (including phenoxy) is 2. The third-order valence-corrected chi connectivity index (χ3v) is 3.32. The molecular formula is C11H17ClN2O2. The Labute approximate surface area is 100 Å². The molecule has 2 heterocycles. The van der Waals surface area contributed by atoms with Gasteiger partial charge in [0, 0.05) is 19.2 Å². The molecule has 1 aliphatic heterocycles. The van der Waals surface area contributed by atoms with Crippen molar-refractivity contribution in [2.24, 2.45) is 7.05 Å². The van der Waals surface area contributed by atoms with Gasteiger partial charge < -0.3 is 9.47 Å². The maximum Gasteiger partial charge on any atom is 0.132 e. The lowest BCUT2D eigenvalue weighted by Crippen LogP contribution is -2.14. The van der Waals surface area contributed by atoms with Gasteiger partial charge in [-0.3, -0.25) is 4.68 Å². The summed E-state index contributed by atoms with van der Waals surface area (Å²) in [6, 6.07) is 0. The lowest BCUT2D eigenvalue weighted by Gasteiger charge is -2.09. The van der Waals surface area contributed by atoms with Gasteiger partial charge >= 0.3 is 0 Å². The van der Waals surface area contributed by atoms with Crippen molar-refractivity contribution in [3.05, 3.63) is 16.4 Å². The van der Waals surface area contributed by atoms with Crippen LogP contribution in [0.1, 0.15) is 24.1 Å². The number of nitrogens with zero attached hydrogens (tertiary/aromatic N) is 2. The van der Waals surface area contributed by atoms with E-state index in [1.807, 2.05) is 14.0 Å². The largest absolute Gasteiger partial charge is 0.376 e. The van der Waals surface area contributed by atoms with E-state index in [9.17, 15) is 0 Å². The zero-order valence-corrected chi connectivity index (χ0v) is 10.5. The van der Waals surface area contributed by atoms with Crippen molar-refractivity contribution in [3.63, 3.8) is 0 Å². The molecule has 0 N–H and O–H groups in total. The van der Waals surface area contributed by atoms with Crippen molar-refractivity contribution < 1.29 is 9.47 Å². The van der Waals surface area contributed by atoms with Crippen LogP contribution in [0, 0.1) is 6.92 Å². The van der Waals surface area contributed by atoms with Gasteiger partial charge in [0.1, 0.15) is 5.15 Å². The number of aromatic nitrogens is 2. The maximum absolute atomic E-state index is 6.10. The molecule has 4 nitrogen and oxygen atoms in total. The molecule has 0 spiro atoms. The summed E-state index contributed by atoms with van der Waals surface area (Å²) in [6.07, 6.45) is 2.50. The van der Waals surface area contributed by atoms with Crippen LogP contribution in [0.3, 0.4) is 0 Å². The van der Waals surface area contributed by atoms with E-state index in [-0.39, 0.29) is 6.10 Å². The SMILES string of the molecule is Cc1nn(C)c(Cl)c1COCC1CCCO1. The zero-order valence-electron chi connectivity index (χ0n) is 9.70. The van der Waals surface area contributed by atoms with E-state index >= 15 is 0 Å². The van der Waals surface area contributed by atoms with Crippen LogP contribution in [0.5, 0.6) is 0 Å². The Morgan fingerprint density at radius 2 is 2.44 bits per heavy atom. The predicted octanol–water partition coefficient (Wildman–Crippen LogP) is 2.08. The van der Waals surface area contributed by atoms with Crippen LogP contribution in [0.4, 0.5) is 0 Å². The first kappa shape index (κ1) is 11.9. The number of hydrogen-bond donors (Lipinski definition) is 0. The Morgan fingerprint density at radius 3 is 3.00 bits per heavy atom. The highest BCUT2D eigenvalue weighted by molar-refractivity contribution is 6.30. The average Bonchev–Trinajstić information content (AvgIpc) is 2.82. The molecule has 1 aliphatic rings. The Bertz CT molecular complexity index is 359. The smallest absolute Gasteiger partial charge is 0.132 e. The first-order valence-corrected chi connectivity index (χ1v) is 5.93. The molecular weight excluding hydrogens is 228 g/mol. The Kier molecular flexibility index (Phi) is 3.84. The number of aryl methyl sites for hydroxylation is 2. The summed E-state index contributed by atoms with van der Waals surface area (Å²) in [7, 11) is 1.83. The first-order valence-electron chi connectivity index (χ1n) is 5.56. The van der Waals surface area contributed by atoms with Gasteiger partial charge in [0.25, 0.3) is 0 Å². The highest BCUT2D eigenvalue weighted by Crippen LogP contribution is 2.20. The summed E-state index contributed by atoms with van der Waals surface area (Å²) in [5, 5.41) is 4.89. The van der Waals surface area contributed by atoms with Crippen LogP contribution < -0.4 is 0 Å². The van der Waals surface area contributed by atoms with E-state index in [1.165, 1.54) is 0 Å². The monoisotopic (exact) mass is 244 g/mol. The van der Waals surface area contributed by atoms with Crippen molar-refractivity contribution in [1.29, 1.82) is 0 Å². The fourth-order valence-corrected chi connectivity index (χ4v) is 2.14. The molecule has 1 unspecified atom stereocenters. The number of halogens is 1. The minimum atomic E-state index is 0.260. The highest BCUT2D eigenvalue weighted by atomic mass is 35.5. The Morgan fingerprint density at radius 1 is 1.62 bits per heavy atom. The Hall–Kier alpha value is -0.580. The zero-order chi connectivity index (χ0) is 11.5. The minimum Gasteiger partial charge on any atom is -0.376 e. The van der Waals surface area contributed by atoms with E-state index in [0.717, 1.165) is 30.7 Å². The molecule has 1 atom stereocenters. The quantitative estimate of drug-likeness (QED) is 0.814. The summed E-state index contributed by atoms with van der Waals surface area (Å²) in [4.78, 5) is 0. The molecule has 0 aromatic carbocycles. The van der Waals surface area contributed by atoms with Crippen LogP contribution in [-0.4, -0.2) is 29.1 Å². The molecule has 2 rings (SSSR count). The van der Waals surface area contributed by atoms with Gasteiger partial charge in [-0.2, -0.15) is 5.10 Å². The van der Waals surface area contributed by atoms with Gasteiger partial charge in [-0.05, 0) is 19.8 Å². The van der Waals surface area contributed by atoms with E-state index in [1.54, 1.807) is 4.68 Å². The lowest BCUT2D eigenvalue weighted by molar-refractivity contribution is 0.0105. The van der Waals surface area contributed by atoms with E-state index in [4.69, 9.17) is 21.1 Å². The molecule has 1 saturated heterocycles. The second-order valence-electron chi connectivity index (χ2n) is 4.13. The molecule has 0 saturated carbocycles. The van der Waals surface area contributed by atoms with Gasteiger partial charge in [-0.1, -0.05) is 11.6 Å². The van der Waals surface area contributed by atoms with Crippen LogP contribution in [0.15, 0.2) is 0 Å². The molecule has 0 bridgehead atoms. The third-order valence-electron chi connectivity index (χ3n) is 2.84. The van der Waals surface area contributed by atoms with Crippen LogP contribution >= 0.6 is 11.6 Å². The Balaban J connectivity index is 1.84. The van der Waals surface area contributed by atoms with Gasteiger partial charge in [-0.25, -0.2) is 0 Å². The summed E-state index contributed by atoms with van der Waals surface area (Å²) < 4.78 is 12.8. The standard InChI is InChI=1S/C11H17ClN2O2/c1-8-10(11(12)14(2)13-8)7-15-6-9-4-3-5-16-9/h9H,3-7H2,1-2H3. The van der Waals surface area contributed by atoms with Crippen molar-refractivity contribution in [2.75, 3.05) is 13.2 Å². The van der Waals surface area contributed by atoms with E-state index in [2.05, 4.69) is 5.10 Å². The van der Waals surface area contributed by atoms with Crippen LogP contribution in [0.25, 0.3) is 0 Å². The van der Waals surface area contributed by atoms with Gasteiger partial charge in [0.05, 0.1) is 25.0 Å². The molecule has 1 aromatic rings. The van der Waals surface area contributed by atoms with Gasteiger partial charge in [0.2, 0.25) is 0 Å². The molecule has 16 heavy (non-hydrogen) atoms. The second kappa shape index (κ2) is 5.17. The fourth-order valence-electron chi connectivity index (χ4n) is 1.91. The first-order chi connectivity index (χ1) is 7.68. The van der Waals surface area contributed by atoms with Gasteiger partial charge in [0.15, 0.2) is 0 Å². The molecule has 0 radical (unpaired) electrons. The lowest BCUT2D eigenvalue weighted by atomic mass is 10.2. The average molecular weight is 245 g/mol. The fraction of sp³-hybridized carbons (Fsp3) is 0.727. The van der Waals surface area contributed by atoms with Crippen molar-refractivity contribution in [3.8, 4) is 0 Å². The van der Waals surface area contributed by atoms with Crippen LogP contribution in [0.2, 0.25) is 5.15 Å². The minimum absolute atomic E-state index is 0.260. The van der Waals surface area contributed by atoms with Crippen LogP contribution in [-0.2, 0) is 23.1 Å². The molecule has 0 aliphatic carbocycles. The summed E-state index contributed by atoms with van der Waals surface area (Å²) in [5.74, 6) is 0. The molecule has 1 fully saturated rings. The molecule has 90 valence electrons. The summed E-state index contributed by atoms with van der Waals surface area (Å²) >= 11 is 6.10.